The van der Waals surface area contributed by atoms with Crippen LogP contribution in [0.1, 0.15) is 46.3 Å². The predicted molar refractivity (Wildman–Crippen MR) is 96.9 cm³/mol. The number of hydrogen-bond acceptors (Lipinski definition) is 3. The molecule has 2 aromatic rings. The molecule has 0 atom stereocenters. The van der Waals surface area contributed by atoms with Gasteiger partial charge in [0.25, 0.3) is 0 Å². The highest BCUT2D eigenvalue weighted by Gasteiger charge is 2.37. The highest BCUT2D eigenvalue weighted by Crippen LogP contribution is 2.42. The molecule has 0 fully saturated rings. The Bertz CT molecular complexity index is 992. The van der Waals surface area contributed by atoms with Crippen molar-refractivity contribution >= 4 is 11.8 Å². The van der Waals surface area contributed by atoms with Crippen LogP contribution in [-0.4, -0.2) is 23.5 Å². The molecule has 4 nitrogen and oxygen atoms in total. The van der Waals surface area contributed by atoms with Gasteiger partial charge in [-0.1, -0.05) is 0 Å². The van der Waals surface area contributed by atoms with E-state index in [4.69, 9.17) is 9.84 Å². The molecule has 0 bridgehead atoms. The number of hydrogen-bond donors (Lipinski definition) is 1. The maximum atomic E-state index is 13.2. The molecule has 0 spiro atoms. The standard InChI is InChI=1S/C21H16F6O4/c22-20(23,24)13-6-12(7-14(9-13)21(25,26)27)16-8-11-3-4-17(28)15(11)10-18(16)31-5-1-2-19(29)30/h6-10H,1-5H2,(H,29,30). The molecular formula is C21H16F6O4. The van der Waals surface area contributed by atoms with Crippen LogP contribution in [0.15, 0.2) is 30.3 Å². The molecule has 0 radical (unpaired) electrons. The van der Waals surface area contributed by atoms with Gasteiger partial charge in [0.2, 0.25) is 0 Å². The van der Waals surface area contributed by atoms with Gasteiger partial charge in [-0.25, -0.2) is 0 Å². The summed E-state index contributed by atoms with van der Waals surface area (Å²) >= 11 is 0. The van der Waals surface area contributed by atoms with Crippen LogP contribution in [0, 0.1) is 0 Å². The van der Waals surface area contributed by atoms with Crippen LogP contribution < -0.4 is 4.74 Å². The fourth-order valence-corrected chi connectivity index (χ4v) is 3.33. The van der Waals surface area contributed by atoms with Crippen molar-refractivity contribution in [3.05, 3.63) is 52.6 Å². The summed E-state index contributed by atoms with van der Waals surface area (Å²) in [6.45, 7) is -0.142. The first-order chi connectivity index (χ1) is 14.4. The molecule has 31 heavy (non-hydrogen) atoms. The number of ketones is 1. The van der Waals surface area contributed by atoms with Crippen molar-refractivity contribution in [1.82, 2.24) is 0 Å². The van der Waals surface area contributed by atoms with E-state index in [0.717, 1.165) is 0 Å². The number of aryl methyl sites for hydroxylation is 1. The highest BCUT2D eigenvalue weighted by molar-refractivity contribution is 6.01. The molecule has 0 heterocycles. The first kappa shape index (κ1) is 22.6. The van der Waals surface area contributed by atoms with Gasteiger partial charge < -0.3 is 9.84 Å². The summed E-state index contributed by atoms with van der Waals surface area (Å²) in [4.78, 5) is 22.7. The zero-order valence-corrected chi connectivity index (χ0v) is 15.9. The first-order valence-electron chi connectivity index (χ1n) is 9.21. The second-order valence-electron chi connectivity index (χ2n) is 7.07. The van der Waals surface area contributed by atoms with E-state index in [9.17, 15) is 35.9 Å². The smallest absolute Gasteiger partial charge is 0.416 e. The number of halogens is 6. The van der Waals surface area contributed by atoms with E-state index < -0.39 is 29.4 Å². The minimum absolute atomic E-state index is 0.0274. The Balaban J connectivity index is 2.12. The number of carboxylic acid groups (broad SMARTS) is 1. The fourth-order valence-electron chi connectivity index (χ4n) is 3.33. The lowest BCUT2D eigenvalue weighted by Crippen LogP contribution is -2.11. The van der Waals surface area contributed by atoms with Crippen molar-refractivity contribution in [3.63, 3.8) is 0 Å². The van der Waals surface area contributed by atoms with Gasteiger partial charge in [-0.3, -0.25) is 9.59 Å². The Morgan fingerprint density at radius 1 is 0.903 bits per heavy atom. The van der Waals surface area contributed by atoms with Crippen molar-refractivity contribution in [1.29, 1.82) is 0 Å². The molecule has 1 aliphatic carbocycles. The molecular weight excluding hydrogens is 430 g/mol. The summed E-state index contributed by atoms with van der Waals surface area (Å²) in [5, 5.41) is 8.71. The lowest BCUT2D eigenvalue weighted by atomic mass is 9.95. The van der Waals surface area contributed by atoms with Crippen molar-refractivity contribution in [3.8, 4) is 16.9 Å². The number of fused-ring (bicyclic) bond motifs is 1. The first-order valence-corrected chi connectivity index (χ1v) is 9.21. The van der Waals surface area contributed by atoms with Crippen LogP contribution in [0.3, 0.4) is 0 Å². The summed E-state index contributed by atoms with van der Waals surface area (Å²) in [7, 11) is 0. The molecule has 0 saturated carbocycles. The Hall–Kier alpha value is -3.04. The van der Waals surface area contributed by atoms with Crippen LogP contribution in [0.4, 0.5) is 26.3 Å². The van der Waals surface area contributed by atoms with Crippen LogP contribution in [0.25, 0.3) is 11.1 Å². The van der Waals surface area contributed by atoms with Crippen LogP contribution in [0.2, 0.25) is 0 Å². The Morgan fingerprint density at radius 2 is 1.52 bits per heavy atom. The third kappa shape index (κ3) is 5.18. The molecule has 0 aromatic heterocycles. The average Bonchev–Trinajstić information content (AvgIpc) is 3.02. The molecule has 0 saturated heterocycles. The summed E-state index contributed by atoms with van der Waals surface area (Å²) in [5.74, 6) is -1.37. The molecule has 1 aliphatic rings. The number of carboxylic acids is 1. The third-order valence-electron chi connectivity index (χ3n) is 4.82. The number of benzene rings is 2. The van der Waals surface area contributed by atoms with Gasteiger partial charge in [-0.05, 0) is 54.3 Å². The number of rotatable bonds is 6. The molecule has 166 valence electrons. The van der Waals surface area contributed by atoms with Gasteiger partial charge in [-0.15, -0.1) is 0 Å². The summed E-state index contributed by atoms with van der Waals surface area (Å²) in [6, 6.07) is 3.89. The number of aliphatic carboxylic acids is 1. The van der Waals surface area contributed by atoms with E-state index in [1.165, 1.54) is 12.1 Å². The normalized spacial score (nSPS) is 13.9. The zero-order valence-electron chi connectivity index (χ0n) is 15.9. The topological polar surface area (TPSA) is 63.6 Å². The fraction of sp³-hybridized carbons (Fsp3) is 0.333. The SMILES string of the molecule is O=C(O)CCCOc1cc2c(cc1-c1cc(C(F)(F)F)cc(C(F)(F)F)c1)CCC2=O. The highest BCUT2D eigenvalue weighted by atomic mass is 19.4. The number of ether oxygens (including phenoxy) is 1. The average molecular weight is 446 g/mol. The van der Waals surface area contributed by atoms with E-state index in [-0.39, 0.29) is 54.6 Å². The number of carbonyl (C=O) groups excluding carboxylic acids is 1. The van der Waals surface area contributed by atoms with E-state index in [1.54, 1.807) is 0 Å². The van der Waals surface area contributed by atoms with Gasteiger partial charge in [0.15, 0.2) is 5.78 Å². The zero-order chi connectivity index (χ0) is 23.0. The largest absolute Gasteiger partial charge is 0.493 e. The number of alkyl halides is 6. The Kier molecular flexibility index (Phi) is 6.02. The van der Waals surface area contributed by atoms with E-state index in [2.05, 4.69) is 0 Å². The van der Waals surface area contributed by atoms with E-state index in [1.807, 2.05) is 0 Å². The van der Waals surface area contributed by atoms with Crippen LogP contribution in [-0.2, 0) is 23.6 Å². The van der Waals surface area contributed by atoms with Gasteiger partial charge in [0, 0.05) is 24.0 Å². The molecule has 3 rings (SSSR count). The summed E-state index contributed by atoms with van der Waals surface area (Å²) in [6.07, 6.45) is -9.70. The third-order valence-corrected chi connectivity index (χ3v) is 4.82. The minimum Gasteiger partial charge on any atom is -0.493 e. The van der Waals surface area contributed by atoms with Crippen molar-refractivity contribution in [2.45, 2.75) is 38.0 Å². The van der Waals surface area contributed by atoms with E-state index >= 15 is 0 Å². The second kappa shape index (κ2) is 8.24. The van der Waals surface area contributed by atoms with Crippen molar-refractivity contribution < 1.29 is 45.8 Å². The Labute approximate surface area is 172 Å². The van der Waals surface area contributed by atoms with Crippen molar-refractivity contribution in [2.75, 3.05) is 6.61 Å². The van der Waals surface area contributed by atoms with E-state index in [0.29, 0.717) is 29.7 Å². The Morgan fingerprint density at radius 3 is 2.06 bits per heavy atom. The lowest BCUT2D eigenvalue weighted by molar-refractivity contribution is -0.143. The maximum Gasteiger partial charge on any atom is 0.416 e. The molecule has 10 heteroatoms. The van der Waals surface area contributed by atoms with Gasteiger partial charge in [-0.2, -0.15) is 26.3 Å². The molecule has 0 amide bonds. The molecule has 0 unspecified atom stereocenters. The molecule has 0 aliphatic heterocycles. The lowest BCUT2D eigenvalue weighted by Gasteiger charge is -2.17. The molecule has 1 N–H and O–H groups in total. The van der Waals surface area contributed by atoms with Crippen LogP contribution >= 0.6 is 0 Å². The summed E-state index contributed by atoms with van der Waals surface area (Å²) < 4.78 is 85.0. The minimum atomic E-state index is -5.01. The second-order valence-corrected chi connectivity index (χ2v) is 7.07. The van der Waals surface area contributed by atoms with Crippen molar-refractivity contribution in [2.24, 2.45) is 0 Å². The quantitative estimate of drug-likeness (QED) is 0.453. The van der Waals surface area contributed by atoms with Gasteiger partial charge >= 0.3 is 18.3 Å². The van der Waals surface area contributed by atoms with Gasteiger partial charge in [0.1, 0.15) is 5.75 Å². The van der Waals surface area contributed by atoms with Gasteiger partial charge in [0.05, 0.1) is 17.7 Å². The summed E-state index contributed by atoms with van der Waals surface area (Å²) in [5.41, 5.74) is -2.53. The monoisotopic (exact) mass is 446 g/mol. The predicted octanol–water partition coefficient (Wildman–Crippen LogP) is 5.76. The number of Topliss-reactive ketones (excluding diaryl/α,β-unsaturated/α-hetero) is 1. The molecule has 2 aromatic carbocycles. The number of carbonyl (C=O) groups is 2. The van der Waals surface area contributed by atoms with Crippen LogP contribution in [0.5, 0.6) is 5.75 Å². The maximum absolute atomic E-state index is 13.2.